The van der Waals surface area contributed by atoms with E-state index in [0.29, 0.717) is 5.69 Å². The van der Waals surface area contributed by atoms with Gasteiger partial charge in [-0.15, -0.1) is 0 Å². The van der Waals surface area contributed by atoms with E-state index in [9.17, 15) is 14.4 Å². The Morgan fingerprint density at radius 1 is 1.07 bits per heavy atom. The van der Waals surface area contributed by atoms with Gasteiger partial charge in [0.1, 0.15) is 18.6 Å². The molecule has 7 nitrogen and oxygen atoms in total. The molecule has 0 spiro atoms. The smallest absolute Gasteiger partial charge is 0.355 e. The molecular formula is C19H14BrN3O4. The van der Waals surface area contributed by atoms with E-state index < -0.39 is 29.7 Å². The van der Waals surface area contributed by atoms with E-state index >= 15 is 0 Å². The first-order valence-corrected chi connectivity index (χ1v) is 9.03. The van der Waals surface area contributed by atoms with E-state index in [1.54, 1.807) is 24.3 Å². The summed E-state index contributed by atoms with van der Waals surface area (Å²) in [4.78, 5) is 39.0. The maximum Gasteiger partial charge on any atom is 0.355 e. The molecule has 2 atom stereocenters. The molecule has 2 heterocycles. The van der Waals surface area contributed by atoms with Gasteiger partial charge in [-0.25, -0.2) is 9.69 Å². The summed E-state index contributed by atoms with van der Waals surface area (Å²) in [6.45, 7) is 0.0641. The van der Waals surface area contributed by atoms with Crippen molar-refractivity contribution >= 4 is 45.1 Å². The molecule has 2 aromatic rings. The summed E-state index contributed by atoms with van der Waals surface area (Å²) in [5.41, 5.74) is 3.79. The zero-order chi connectivity index (χ0) is 19.0. The van der Waals surface area contributed by atoms with Gasteiger partial charge < -0.3 is 4.74 Å². The second kappa shape index (κ2) is 6.96. The summed E-state index contributed by atoms with van der Waals surface area (Å²) in [7, 11) is 0. The Bertz CT molecular complexity index is 943. The molecule has 0 aliphatic carbocycles. The number of nitrogens with zero attached hydrogens (tertiary/aromatic N) is 2. The van der Waals surface area contributed by atoms with E-state index in [-0.39, 0.29) is 12.3 Å². The minimum absolute atomic E-state index is 0.0641. The standard InChI is InChI=1S/C19H14BrN3O4/c20-12-6-8-13(9-7-12)23-17(24)14-15(18(23)25)21-22-16(14)19(26)27-10-11-4-2-1-3-5-11/h1-9,14-15,21H,10H2/t14-,15+/m0/s1. The Kier molecular flexibility index (Phi) is 4.49. The number of carbonyl (C=O) groups is 3. The summed E-state index contributed by atoms with van der Waals surface area (Å²) in [6.07, 6.45) is 0. The minimum Gasteiger partial charge on any atom is -0.456 e. The third kappa shape index (κ3) is 3.12. The van der Waals surface area contributed by atoms with Crippen molar-refractivity contribution in [3.05, 3.63) is 64.6 Å². The molecule has 2 aromatic carbocycles. The average Bonchev–Trinajstić information content (AvgIpc) is 3.22. The van der Waals surface area contributed by atoms with Crippen LogP contribution in [0.15, 0.2) is 64.2 Å². The molecule has 0 unspecified atom stereocenters. The van der Waals surface area contributed by atoms with Gasteiger partial charge in [0.2, 0.25) is 5.91 Å². The fourth-order valence-electron chi connectivity index (χ4n) is 3.10. The zero-order valence-corrected chi connectivity index (χ0v) is 15.5. The molecule has 2 aliphatic rings. The summed E-state index contributed by atoms with van der Waals surface area (Å²) in [6, 6.07) is 15.1. The van der Waals surface area contributed by atoms with Crippen molar-refractivity contribution < 1.29 is 19.1 Å². The molecular weight excluding hydrogens is 414 g/mol. The van der Waals surface area contributed by atoms with Crippen molar-refractivity contribution in [1.82, 2.24) is 5.43 Å². The van der Waals surface area contributed by atoms with Gasteiger partial charge in [0, 0.05) is 4.47 Å². The van der Waals surface area contributed by atoms with Crippen LogP contribution in [0.1, 0.15) is 5.56 Å². The number of ether oxygens (including phenoxy) is 1. The first kappa shape index (κ1) is 17.4. The van der Waals surface area contributed by atoms with Crippen LogP contribution in [0.3, 0.4) is 0 Å². The lowest BCUT2D eigenvalue weighted by atomic mass is 9.99. The molecule has 27 heavy (non-hydrogen) atoms. The van der Waals surface area contributed by atoms with Crippen molar-refractivity contribution in [2.45, 2.75) is 12.6 Å². The highest BCUT2D eigenvalue weighted by atomic mass is 79.9. The van der Waals surface area contributed by atoms with Crippen LogP contribution in [0.2, 0.25) is 0 Å². The average molecular weight is 428 g/mol. The highest BCUT2D eigenvalue weighted by molar-refractivity contribution is 9.10. The number of hydrogen-bond donors (Lipinski definition) is 1. The number of fused-ring (bicyclic) bond motifs is 1. The number of amides is 2. The molecule has 2 aliphatic heterocycles. The number of carbonyl (C=O) groups excluding carboxylic acids is 3. The van der Waals surface area contributed by atoms with Gasteiger partial charge in [-0.1, -0.05) is 46.3 Å². The van der Waals surface area contributed by atoms with Crippen LogP contribution in [0.5, 0.6) is 0 Å². The van der Waals surface area contributed by atoms with E-state index in [2.05, 4.69) is 26.5 Å². The summed E-state index contributed by atoms with van der Waals surface area (Å²) < 4.78 is 6.09. The third-order valence-electron chi connectivity index (χ3n) is 4.43. The fourth-order valence-corrected chi connectivity index (χ4v) is 3.36. The van der Waals surface area contributed by atoms with Crippen molar-refractivity contribution in [1.29, 1.82) is 0 Å². The second-order valence-electron chi connectivity index (χ2n) is 6.13. The quantitative estimate of drug-likeness (QED) is 0.595. The van der Waals surface area contributed by atoms with Crippen LogP contribution < -0.4 is 10.3 Å². The van der Waals surface area contributed by atoms with E-state index in [1.807, 2.05) is 30.3 Å². The first-order chi connectivity index (χ1) is 13.1. The highest BCUT2D eigenvalue weighted by Gasteiger charge is 2.55. The second-order valence-corrected chi connectivity index (χ2v) is 7.05. The summed E-state index contributed by atoms with van der Waals surface area (Å²) in [5.74, 6) is -2.63. The Labute approximate surface area is 163 Å². The lowest BCUT2D eigenvalue weighted by molar-refractivity contribution is -0.137. The molecule has 1 N–H and O–H groups in total. The minimum atomic E-state index is -0.982. The Hall–Kier alpha value is -3.00. The van der Waals surface area contributed by atoms with E-state index in [1.165, 1.54) is 0 Å². The number of esters is 1. The third-order valence-corrected chi connectivity index (χ3v) is 4.96. The Morgan fingerprint density at radius 3 is 2.48 bits per heavy atom. The van der Waals surface area contributed by atoms with Gasteiger partial charge in [-0.05, 0) is 29.8 Å². The predicted octanol–water partition coefficient (Wildman–Crippen LogP) is 2.01. The van der Waals surface area contributed by atoms with Crippen LogP contribution in [0, 0.1) is 5.92 Å². The topological polar surface area (TPSA) is 88.1 Å². The first-order valence-electron chi connectivity index (χ1n) is 8.24. The number of halogens is 1. The number of benzene rings is 2. The predicted molar refractivity (Wildman–Crippen MR) is 101 cm³/mol. The maximum absolute atomic E-state index is 12.8. The van der Waals surface area contributed by atoms with Crippen LogP contribution >= 0.6 is 15.9 Å². The van der Waals surface area contributed by atoms with Gasteiger partial charge in [0.15, 0.2) is 5.71 Å². The highest BCUT2D eigenvalue weighted by Crippen LogP contribution is 2.31. The Morgan fingerprint density at radius 2 is 1.78 bits per heavy atom. The molecule has 0 aromatic heterocycles. The van der Waals surface area contributed by atoms with Crippen molar-refractivity contribution in [2.24, 2.45) is 11.0 Å². The van der Waals surface area contributed by atoms with Gasteiger partial charge in [-0.2, -0.15) is 5.10 Å². The molecule has 4 rings (SSSR count). The van der Waals surface area contributed by atoms with E-state index in [4.69, 9.17) is 4.74 Å². The molecule has 0 radical (unpaired) electrons. The molecule has 136 valence electrons. The number of hydrazone groups is 1. The Balaban J connectivity index is 1.51. The van der Waals surface area contributed by atoms with Crippen molar-refractivity contribution in [3.8, 4) is 0 Å². The van der Waals surface area contributed by atoms with Gasteiger partial charge in [-0.3, -0.25) is 15.0 Å². The summed E-state index contributed by atoms with van der Waals surface area (Å²) in [5, 5.41) is 3.89. The molecule has 2 amide bonds. The molecule has 1 saturated heterocycles. The molecule has 1 fully saturated rings. The van der Waals surface area contributed by atoms with Crippen LogP contribution in [0.25, 0.3) is 0 Å². The maximum atomic E-state index is 12.8. The van der Waals surface area contributed by atoms with Gasteiger partial charge in [0.25, 0.3) is 5.91 Å². The molecule has 0 bridgehead atoms. The lowest BCUT2D eigenvalue weighted by Gasteiger charge is -2.15. The number of rotatable bonds is 4. The largest absolute Gasteiger partial charge is 0.456 e. The number of nitrogens with one attached hydrogen (secondary N) is 1. The number of imide groups is 1. The number of hydrogen-bond acceptors (Lipinski definition) is 6. The van der Waals surface area contributed by atoms with Crippen molar-refractivity contribution in [2.75, 3.05) is 4.90 Å². The van der Waals surface area contributed by atoms with E-state index in [0.717, 1.165) is 14.9 Å². The van der Waals surface area contributed by atoms with Crippen LogP contribution in [0.4, 0.5) is 5.69 Å². The SMILES string of the molecule is O=C(OCc1ccccc1)C1=NN[C@H]2C(=O)N(c3ccc(Br)cc3)C(=O)[C@H]12. The summed E-state index contributed by atoms with van der Waals surface area (Å²) >= 11 is 3.32. The zero-order valence-electron chi connectivity index (χ0n) is 14.0. The molecule has 0 saturated carbocycles. The van der Waals surface area contributed by atoms with Crippen molar-refractivity contribution in [3.63, 3.8) is 0 Å². The van der Waals surface area contributed by atoms with Gasteiger partial charge in [0.05, 0.1) is 5.69 Å². The van der Waals surface area contributed by atoms with Crippen LogP contribution in [-0.2, 0) is 25.7 Å². The molecule has 8 heteroatoms. The number of anilines is 1. The van der Waals surface area contributed by atoms with Crippen LogP contribution in [-0.4, -0.2) is 29.5 Å². The normalized spacial score (nSPS) is 20.9. The van der Waals surface area contributed by atoms with Gasteiger partial charge >= 0.3 is 5.97 Å². The fraction of sp³-hybridized carbons (Fsp3) is 0.158. The lowest BCUT2D eigenvalue weighted by Crippen LogP contribution is -2.36. The monoisotopic (exact) mass is 427 g/mol.